The van der Waals surface area contributed by atoms with Gasteiger partial charge in [-0.15, -0.1) is 0 Å². The van der Waals surface area contributed by atoms with Crippen LogP contribution in [-0.4, -0.2) is 77.6 Å². The first kappa shape index (κ1) is 28.1. The van der Waals surface area contributed by atoms with Crippen LogP contribution in [0.4, 0.5) is 5.69 Å². The number of amides is 2. The lowest BCUT2D eigenvalue weighted by molar-refractivity contribution is -0.134. The predicted octanol–water partition coefficient (Wildman–Crippen LogP) is 3.00. The summed E-state index contributed by atoms with van der Waals surface area (Å²) in [4.78, 5) is 35.8. The number of aryl methyl sites for hydroxylation is 2. The predicted molar refractivity (Wildman–Crippen MR) is 149 cm³/mol. The molecule has 4 heterocycles. The molecular weight excluding hydrogens is 510 g/mol. The van der Waals surface area contributed by atoms with Crippen LogP contribution >= 0.6 is 10.6 Å². The van der Waals surface area contributed by atoms with Gasteiger partial charge in [0.25, 0.3) is 0 Å². The minimum absolute atomic E-state index is 0.00329. The van der Waals surface area contributed by atoms with E-state index in [1.54, 1.807) is 6.20 Å². The van der Waals surface area contributed by atoms with E-state index in [4.69, 9.17) is 9.82 Å². The van der Waals surface area contributed by atoms with E-state index in [-0.39, 0.29) is 37.1 Å². The van der Waals surface area contributed by atoms with Crippen LogP contribution in [0, 0.1) is 6.92 Å². The van der Waals surface area contributed by atoms with Crippen molar-refractivity contribution in [3.63, 3.8) is 0 Å². The van der Waals surface area contributed by atoms with Crippen molar-refractivity contribution in [1.29, 1.82) is 0 Å². The highest BCUT2D eigenvalue weighted by Crippen LogP contribution is 2.45. The number of carbonyl (C=O) groups excluding carboxylic acids is 2. The fraction of sp³-hybridized carbons (Fsp3) is 0.640. The lowest BCUT2D eigenvalue weighted by atomic mass is 9.87. The second kappa shape index (κ2) is 11.5. The minimum Gasteiger partial charge on any atom is -0.387 e. The summed E-state index contributed by atoms with van der Waals surface area (Å²) in [5.41, 5.74) is 2.58. The molecule has 0 unspecified atom stereocenters. The molecule has 0 aliphatic carbocycles. The first-order valence-electron chi connectivity index (χ1n) is 13.2. The van der Waals surface area contributed by atoms with Crippen molar-refractivity contribution in [3.05, 3.63) is 17.5 Å². The molecule has 0 atom stereocenters. The lowest BCUT2D eigenvalue weighted by Gasteiger charge is -2.39. The molecule has 2 amide bonds. The van der Waals surface area contributed by atoms with Crippen LogP contribution in [0.1, 0.15) is 64.1 Å². The zero-order chi connectivity index (χ0) is 27.5. The molecule has 2 aliphatic heterocycles. The summed E-state index contributed by atoms with van der Waals surface area (Å²) in [6, 6.07) is 0.0296. The summed E-state index contributed by atoms with van der Waals surface area (Å²) in [6.07, 6.45) is 3.23. The molecule has 0 bridgehead atoms. The second-order valence-corrected chi connectivity index (χ2v) is 12.4. The van der Waals surface area contributed by atoms with Crippen LogP contribution in [0.3, 0.4) is 0 Å². The smallest absolute Gasteiger partial charge is 0.224 e. The Morgan fingerprint density at radius 1 is 1.13 bits per heavy atom. The van der Waals surface area contributed by atoms with E-state index >= 15 is 0 Å². The van der Waals surface area contributed by atoms with Gasteiger partial charge in [-0.3, -0.25) is 18.7 Å². The van der Waals surface area contributed by atoms with Gasteiger partial charge in [0, 0.05) is 55.4 Å². The third-order valence-electron chi connectivity index (χ3n) is 7.03. The summed E-state index contributed by atoms with van der Waals surface area (Å²) in [5.74, 6) is 0.296. The average molecular weight is 550 g/mol. The highest BCUT2D eigenvalue weighted by atomic mass is 32.3. The molecule has 210 valence electrons. The Labute approximate surface area is 224 Å². The summed E-state index contributed by atoms with van der Waals surface area (Å²) in [7, 11) is -2.52. The Morgan fingerprint density at radius 3 is 2.34 bits per heavy atom. The van der Waals surface area contributed by atoms with E-state index in [0.29, 0.717) is 49.7 Å². The number of rotatable bonds is 10. The highest BCUT2D eigenvalue weighted by molar-refractivity contribution is 8.24. The molecule has 5 N–H and O–H groups in total. The fourth-order valence-electron chi connectivity index (χ4n) is 5.19. The number of aromatic nitrogens is 3. The van der Waals surface area contributed by atoms with Crippen LogP contribution in [0.2, 0.25) is 0 Å². The van der Waals surface area contributed by atoms with Crippen molar-refractivity contribution >= 4 is 44.8 Å². The Hall–Kier alpha value is -2.90. The number of nitrogens with one attached hydrogen (secondary N) is 3. The van der Waals surface area contributed by atoms with E-state index in [1.807, 2.05) is 32.4 Å². The Morgan fingerprint density at radius 2 is 1.76 bits per heavy atom. The monoisotopic (exact) mass is 549 g/mol. The van der Waals surface area contributed by atoms with E-state index < -0.39 is 16.2 Å². The van der Waals surface area contributed by atoms with E-state index in [1.165, 1.54) is 0 Å². The first-order chi connectivity index (χ1) is 18.1. The molecule has 1 saturated heterocycles. The van der Waals surface area contributed by atoms with Gasteiger partial charge < -0.3 is 20.8 Å². The molecular formula is C25H39N7O5S. The fourth-order valence-corrected chi connectivity index (χ4v) is 6.71. The molecule has 13 heteroatoms. The van der Waals surface area contributed by atoms with Crippen molar-refractivity contribution in [2.75, 3.05) is 29.9 Å². The molecule has 2 aromatic rings. The van der Waals surface area contributed by atoms with Crippen LogP contribution in [0.25, 0.3) is 11.0 Å². The normalized spacial score (nSPS) is 19.5. The minimum atomic E-state index is -2.52. The number of oxime groups is 1. The SMILES string of the molecule is CCNC(=O)CC1(CC(=O)NCC)CC(c2cnc3c(c(C)nn3CC)c2NC2CCS(O)(O)CC2)=NO1. The molecule has 4 rings (SSSR count). The number of pyridine rings is 1. The number of hydrogen-bond donors (Lipinski definition) is 5. The Balaban J connectivity index is 1.70. The van der Waals surface area contributed by atoms with E-state index in [9.17, 15) is 18.7 Å². The van der Waals surface area contributed by atoms with Crippen LogP contribution in [0.15, 0.2) is 11.4 Å². The van der Waals surface area contributed by atoms with Gasteiger partial charge in [0.1, 0.15) is 0 Å². The van der Waals surface area contributed by atoms with E-state index in [2.05, 4.69) is 26.2 Å². The molecule has 0 radical (unpaired) electrons. The van der Waals surface area contributed by atoms with Crippen molar-refractivity contribution < 1.29 is 23.5 Å². The van der Waals surface area contributed by atoms with Crippen molar-refractivity contribution in [2.24, 2.45) is 5.16 Å². The molecule has 38 heavy (non-hydrogen) atoms. The zero-order valence-corrected chi connectivity index (χ0v) is 23.4. The number of anilines is 1. The maximum atomic E-state index is 12.6. The quantitative estimate of drug-likeness (QED) is 0.302. The molecule has 0 saturated carbocycles. The van der Waals surface area contributed by atoms with Gasteiger partial charge in [-0.2, -0.15) is 15.7 Å². The van der Waals surface area contributed by atoms with Gasteiger partial charge in [-0.25, -0.2) is 9.67 Å². The van der Waals surface area contributed by atoms with Crippen molar-refractivity contribution in [3.8, 4) is 0 Å². The number of hydrogen-bond acceptors (Lipinski definition) is 9. The topological polar surface area (TPSA) is 163 Å². The van der Waals surface area contributed by atoms with Crippen LogP contribution in [-0.2, 0) is 21.0 Å². The van der Waals surface area contributed by atoms with Crippen molar-refractivity contribution in [1.82, 2.24) is 25.4 Å². The van der Waals surface area contributed by atoms with Gasteiger partial charge in [-0.1, -0.05) is 5.16 Å². The molecule has 2 aromatic heterocycles. The number of carbonyl (C=O) groups is 2. The third kappa shape index (κ3) is 6.05. The molecule has 1 fully saturated rings. The molecule has 2 aliphatic rings. The van der Waals surface area contributed by atoms with Crippen molar-refractivity contribution in [2.45, 2.75) is 78.0 Å². The summed E-state index contributed by atoms with van der Waals surface area (Å²) >= 11 is 0. The van der Waals surface area contributed by atoms with Gasteiger partial charge >= 0.3 is 0 Å². The number of fused-ring (bicyclic) bond motifs is 1. The van der Waals surface area contributed by atoms with Crippen LogP contribution in [0.5, 0.6) is 0 Å². The maximum absolute atomic E-state index is 12.6. The molecule has 12 nitrogen and oxygen atoms in total. The summed E-state index contributed by atoms with van der Waals surface area (Å²) in [6.45, 7) is 9.24. The number of nitrogens with zero attached hydrogens (tertiary/aromatic N) is 4. The Kier molecular flexibility index (Phi) is 8.48. The van der Waals surface area contributed by atoms with Gasteiger partial charge in [0.05, 0.1) is 35.3 Å². The molecule has 0 spiro atoms. The van der Waals surface area contributed by atoms with E-state index in [0.717, 1.165) is 28.0 Å². The Bertz CT molecular complexity index is 1200. The largest absolute Gasteiger partial charge is 0.387 e. The van der Waals surface area contributed by atoms with Gasteiger partial charge in [0.2, 0.25) is 11.8 Å². The maximum Gasteiger partial charge on any atom is 0.224 e. The molecule has 0 aromatic carbocycles. The standard InChI is InChI=1S/C25H39N7O5S/c1-5-26-20(33)13-25(14-21(34)27-6-2)12-19(31-37-25)18-15-28-24-22(16(4)30-32(24)7-3)23(18)29-17-8-10-38(35,36)11-9-17/h15,17,35-36H,5-14H2,1-4H3,(H,26,33)(H,27,34)(H,28,29). The first-order valence-corrected chi connectivity index (χ1v) is 15.1. The van der Waals surface area contributed by atoms with Gasteiger partial charge in [-0.05, 0) is 40.5 Å². The highest BCUT2D eigenvalue weighted by Gasteiger charge is 2.44. The zero-order valence-electron chi connectivity index (χ0n) is 22.5. The summed E-state index contributed by atoms with van der Waals surface area (Å²) in [5, 5.41) is 19.2. The lowest BCUT2D eigenvalue weighted by Crippen LogP contribution is -2.41. The van der Waals surface area contributed by atoms with Gasteiger partial charge in [0.15, 0.2) is 11.2 Å². The summed E-state index contributed by atoms with van der Waals surface area (Å²) < 4.78 is 22.0. The third-order valence-corrected chi connectivity index (χ3v) is 8.81. The average Bonchev–Trinajstić information content (AvgIpc) is 3.41. The second-order valence-electron chi connectivity index (χ2n) is 10.0. The van der Waals surface area contributed by atoms with Crippen LogP contribution < -0.4 is 16.0 Å².